The third-order valence-corrected chi connectivity index (χ3v) is 4.04. The van der Waals surface area contributed by atoms with Crippen molar-refractivity contribution in [1.82, 2.24) is 29.5 Å². The van der Waals surface area contributed by atoms with Crippen molar-refractivity contribution in [3.63, 3.8) is 0 Å². The Morgan fingerprint density at radius 1 is 1.29 bits per heavy atom. The molecule has 0 aromatic carbocycles. The van der Waals surface area contributed by atoms with E-state index in [2.05, 4.69) is 20.1 Å². The lowest BCUT2D eigenvalue weighted by Gasteiger charge is -2.22. The van der Waals surface area contributed by atoms with Crippen LogP contribution < -0.4 is 5.73 Å². The highest BCUT2D eigenvalue weighted by Crippen LogP contribution is 2.13. The number of rotatable bonds is 4. The molecule has 3 rings (SSSR count). The summed E-state index contributed by atoms with van der Waals surface area (Å²) < 4.78 is 1.62. The molecule has 1 atom stereocenters. The van der Waals surface area contributed by atoms with E-state index >= 15 is 0 Å². The Morgan fingerprint density at radius 3 is 2.83 bits per heavy atom. The number of aliphatic hydroxyl groups excluding tert-OH is 1. The van der Waals surface area contributed by atoms with E-state index in [0.29, 0.717) is 38.5 Å². The molecule has 0 spiro atoms. The first kappa shape index (κ1) is 16.3. The van der Waals surface area contributed by atoms with Crippen LogP contribution in [-0.2, 0) is 17.9 Å². The summed E-state index contributed by atoms with van der Waals surface area (Å²) in [5.74, 6) is 0.438. The quantitative estimate of drug-likeness (QED) is 0.735. The number of nitrogens with two attached hydrogens (primary N) is 1. The van der Waals surface area contributed by atoms with Crippen LogP contribution in [0, 0.1) is 0 Å². The fourth-order valence-electron chi connectivity index (χ4n) is 2.81. The minimum atomic E-state index is -0.602. The molecule has 0 aliphatic carbocycles. The molecule has 3 heterocycles. The second kappa shape index (κ2) is 7.37. The highest BCUT2D eigenvalue weighted by atomic mass is 16.3. The van der Waals surface area contributed by atoms with E-state index in [1.807, 2.05) is 12.1 Å². The van der Waals surface area contributed by atoms with Gasteiger partial charge in [0.05, 0.1) is 6.10 Å². The van der Waals surface area contributed by atoms with Crippen LogP contribution in [0.25, 0.3) is 0 Å². The van der Waals surface area contributed by atoms with Gasteiger partial charge in [-0.25, -0.2) is 4.98 Å². The average molecular weight is 331 g/mol. The third kappa shape index (κ3) is 4.06. The number of nitrogens with zero attached hydrogens (tertiary/aromatic N) is 6. The van der Waals surface area contributed by atoms with Crippen LogP contribution in [0.4, 0.5) is 5.82 Å². The van der Waals surface area contributed by atoms with Crippen molar-refractivity contribution in [1.29, 1.82) is 0 Å². The van der Waals surface area contributed by atoms with Gasteiger partial charge in [-0.2, -0.15) is 0 Å². The van der Waals surface area contributed by atoms with Gasteiger partial charge in [-0.1, -0.05) is 6.07 Å². The standard InChI is InChI=1S/C15H21N7O2/c16-15-12(2-1-3-17-15)6-20-4-5-22(8-13(23)7-20)14(24)9-21-10-18-19-11-21/h1-3,10-11,13,23H,4-9H2,(H2,16,17)/t13-/m1/s1. The van der Waals surface area contributed by atoms with Crippen molar-refractivity contribution in [3.05, 3.63) is 36.5 Å². The summed E-state index contributed by atoms with van der Waals surface area (Å²) in [4.78, 5) is 20.2. The number of aliphatic hydroxyl groups is 1. The van der Waals surface area contributed by atoms with Gasteiger partial charge in [0.2, 0.25) is 5.91 Å². The molecule has 1 aliphatic heterocycles. The Balaban J connectivity index is 1.60. The van der Waals surface area contributed by atoms with Gasteiger partial charge in [-0.15, -0.1) is 10.2 Å². The molecule has 2 aromatic rings. The predicted molar refractivity (Wildman–Crippen MR) is 86.5 cm³/mol. The average Bonchev–Trinajstić information content (AvgIpc) is 2.98. The Morgan fingerprint density at radius 2 is 2.08 bits per heavy atom. The fourth-order valence-corrected chi connectivity index (χ4v) is 2.81. The van der Waals surface area contributed by atoms with E-state index in [-0.39, 0.29) is 12.5 Å². The van der Waals surface area contributed by atoms with Crippen molar-refractivity contribution in [2.45, 2.75) is 19.2 Å². The Bertz CT molecular complexity index is 676. The molecule has 24 heavy (non-hydrogen) atoms. The summed E-state index contributed by atoms with van der Waals surface area (Å²) in [6, 6.07) is 3.77. The summed E-state index contributed by atoms with van der Waals surface area (Å²) >= 11 is 0. The number of anilines is 1. The Kier molecular flexibility index (Phi) is 5.02. The van der Waals surface area contributed by atoms with Gasteiger partial charge >= 0.3 is 0 Å². The maximum atomic E-state index is 12.4. The van der Waals surface area contributed by atoms with E-state index in [1.54, 1.807) is 15.7 Å². The van der Waals surface area contributed by atoms with Crippen LogP contribution >= 0.6 is 0 Å². The monoisotopic (exact) mass is 331 g/mol. The molecule has 1 aliphatic rings. The van der Waals surface area contributed by atoms with Crippen LogP contribution in [-0.4, -0.2) is 72.8 Å². The lowest BCUT2D eigenvalue weighted by atomic mass is 10.2. The van der Waals surface area contributed by atoms with Crippen LogP contribution in [0.5, 0.6) is 0 Å². The van der Waals surface area contributed by atoms with E-state index in [9.17, 15) is 9.90 Å². The van der Waals surface area contributed by atoms with Crippen molar-refractivity contribution >= 4 is 11.7 Å². The number of amides is 1. The van der Waals surface area contributed by atoms with Gasteiger partial charge in [-0.3, -0.25) is 9.69 Å². The number of hydrogen-bond donors (Lipinski definition) is 2. The second-order valence-electron chi connectivity index (χ2n) is 5.91. The van der Waals surface area contributed by atoms with Crippen molar-refractivity contribution in [3.8, 4) is 0 Å². The van der Waals surface area contributed by atoms with Crippen molar-refractivity contribution in [2.75, 3.05) is 31.9 Å². The number of carbonyl (C=O) groups is 1. The van der Waals surface area contributed by atoms with E-state index < -0.39 is 6.10 Å². The number of β-amino-alcohol motifs (C(OH)–C–C–N with tert-alkyl or cyclic N) is 1. The number of nitrogen functional groups attached to an aromatic ring is 1. The van der Waals surface area contributed by atoms with Gasteiger partial charge in [0.1, 0.15) is 25.0 Å². The van der Waals surface area contributed by atoms with Crippen molar-refractivity contribution < 1.29 is 9.90 Å². The van der Waals surface area contributed by atoms with Gasteiger partial charge < -0.3 is 20.3 Å². The summed E-state index contributed by atoms with van der Waals surface area (Å²) in [6.45, 7) is 2.81. The van der Waals surface area contributed by atoms with Gasteiger partial charge in [-0.05, 0) is 6.07 Å². The first-order valence-electron chi connectivity index (χ1n) is 7.82. The van der Waals surface area contributed by atoms with E-state index in [1.165, 1.54) is 12.7 Å². The summed E-state index contributed by atoms with van der Waals surface area (Å²) in [5, 5.41) is 17.6. The van der Waals surface area contributed by atoms with Gasteiger partial charge in [0, 0.05) is 44.5 Å². The Hall–Kier alpha value is -2.52. The normalized spacial score (nSPS) is 19.2. The largest absolute Gasteiger partial charge is 0.390 e. The zero-order valence-electron chi connectivity index (χ0n) is 13.3. The van der Waals surface area contributed by atoms with Crippen LogP contribution in [0.15, 0.2) is 31.0 Å². The summed E-state index contributed by atoms with van der Waals surface area (Å²) in [6.07, 6.45) is 4.06. The molecule has 1 fully saturated rings. The molecule has 128 valence electrons. The minimum Gasteiger partial charge on any atom is -0.390 e. The molecule has 9 heteroatoms. The molecule has 1 saturated heterocycles. The first-order valence-corrected chi connectivity index (χ1v) is 7.82. The minimum absolute atomic E-state index is 0.0587. The predicted octanol–water partition coefficient (Wildman–Crippen LogP) is -1.04. The van der Waals surface area contributed by atoms with E-state index in [4.69, 9.17) is 5.73 Å². The van der Waals surface area contributed by atoms with Gasteiger partial charge in [0.25, 0.3) is 0 Å². The SMILES string of the molecule is Nc1ncccc1CN1CCN(C(=O)Cn2cnnc2)C[C@H](O)C1. The Labute approximate surface area is 139 Å². The molecule has 3 N–H and O–H groups in total. The maximum Gasteiger partial charge on any atom is 0.242 e. The number of carbonyl (C=O) groups excluding carboxylic acids is 1. The third-order valence-electron chi connectivity index (χ3n) is 4.04. The molecule has 0 unspecified atom stereocenters. The van der Waals surface area contributed by atoms with Crippen molar-refractivity contribution in [2.24, 2.45) is 0 Å². The highest BCUT2D eigenvalue weighted by Gasteiger charge is 2.24. The zero-order chi connectivity index (χ0) is 16.9. The van der Waals surface area contributed by atoms with Crippen LogP contribution in [0.1, 0.15) is 5.56 Å². The molecular formula is C15H21N7O2. The molecule has 0 saturated carbocycles. The number of aromatic nitrogens is 4. The van der Waals surface area contributed by atoms with Crippen LogP contribution in [0.2, 0.25) is 0 Å². The molecule has 1 amide bonds. The molecule has 0 bridgehead atoms. The molecule has 0 radical (unpaired) electrons. The smallest absolute Gasteiger partial charge is 0.242 e. The number of hydrogen-bond acceptors (Lipinski definition) is 7. The second-order valence-corrected chi connectivity index (χ2v) is 5.91. The number of pyridine rings is 1. The maximum absolute atomic E-state index is 12.4. The molecule has 9 nitrogen and oxygen atoms in total. The lowest BCUT2D eigenvalue weighted by Crippen LogP contribution is -2.39. The summed E-state index contributed by atoms with van der Waals surface area (Å²) in [7, 11) is 0. The summed E-state index contributed by atoms with van der Waals surface area (Å²) in [5.41, 5.74) is 6.81. The fraction of sp³-hybridized carbons (Fsp3) is 0.467. The molecular weight excluding hydrogens is 310 g/mol. The lowest BCUT2D eigenvalue weighted by molar-refractivity contribution is -0.132. The molecule has 2 aromatic heterocycles. The zero-order valence-corrected chi connectivity index (χ0v) is 13.3. The first-order chi connectivity index (χ1) is 11.6. The highest BCUT2D eigenvalue weighted by molar-refractivity contribution is 5.76. The van der Waals surface area contributed by atoms with Gasteiger partial charge in [0.15, 0.2) is 0 Å². The topological polar surface area (TPSA) is 113 Å². The van der Waals surface area contributed by atoms with Crippen LogP contribution in [0.3, 0.4) is 0 Å². The van der Waals surface area contributed by atoms with E-state index in [0.717, 1.165) is 5.56 Å².